The maximum absolute atomic E-state index is 9.37. The van der Waals surface area contributed by atoms with E-state index in [1.54, 1.807) is 13.1 Å². The third kappa shape index (κ3) is 3.11. The molecule has 0 aliphatic carbocycles. The Bertz CT molecular complexity index is 538. The fraction of sp³-hybridized carbons (Fsp3) is 0.583. The van der Waals surface area contributed by atoms with Gasteiger partial charge in [-0.1, -0.05) is 0 Å². The van der Waals surface area contributed by atoms with Gasteiger partial charge in [0, 0.05) is 20.1 Å². The van der Waals surface area contributed by atoms with Crippen molar-refractivity contribution in [1.29, 1.82) is 0 Å². The van der Waals surface area contributed by atoms with Gasteiger partial charge in [-0.3, -0.25) is 5.10 Å². The summed E-state index contributed by atoms with van der Waals surface area (Å²) in [5.41, 5.74) is 0.713. The maximum atomic E-state index is 9.37. The average Bonchev–Trinajstić information content (AvgIpc) is 2.83. The van der Waals surface area contributed by atoms with Crippen LogP contribution < -0.4 is 10.2 Å². The topological polar surface area (TPSA) is 90.0 Å². The van der Waals surface area contributed by atoms with Crippen LogP contribution in [0, 0.1) is 0 Å². The summed E-state index contributed by atoms with van der Waals surface area (Å²) in [6.07, 6.45) is 2.09. The van der Waals surface area contributed by atoms with Crippen LogP contribution in [0.25, 0.3) is 11.0 Å². The molecule has 0 aromatic carbocycles. The lowest BCUT2D eigenvalue weighted by Crippen LogP contribution is -2.23. The van der Waals surface area contributed by atoms with E-state index in [9.17, 15) is 5.11 Å². The zero-order valence-electron chi connectivity index (χ0n) is 11.5. The van der Waals surface area contributed by atoms with Crippen molar-refractivity contribution < 1.29 is 5.11 Å². The first kappa shape index (κ1) is 13.5. The van der Waals surface area contributed by atoms with Gasteiger partial charge in [-0.25, -0.2) is 0 Å². The molecule has 0 spiro atoms. The van der Waals surface area contributed by atoms with Gasteiger partial charge in [0.2, 0.25) is 5.95 Å². The van der Waals surface area contributed by atoms with Crippen molar-refractivity contribution in [3.8, 4) is 0 Å². The summed E-state index contributed by atoms with van der Waals surface area (Å²) in [5.74, 6) is 1.40. The summed E-state index contributed by atoms with van der Waals surface area (Å²) in [5, 5.41) is 20.2. The van der Waals surface area contributed by atoms with Crippen molar-refractivity contribution in [3.05, 3.63) is 6.20 Å². The first-order chi connectivity index (χ1) is 9.11. The van der Waals surface area contributed by atoms with Crippen LogP contribution in [-0.4, -0.2) is 51.5 Å². The molecule has 0 bridgehead atoms. The normalized spacial score (nSPS) is 12.6. The third-order valence-corrected chi connectivity index (χ3v) is 2.87. The number of nitrogens with zero attached hydrogens (tertiary/aromatic N) is 4. The van der Waals surface area contributed by atoms with Crippen LogP contribution in [0.2, 0.25) is 0 Å². The van der Waals surface area contributed by atoms with Gasteiger partial charge in [0.05, 0.1) is 17.7 Å². The van der Waals surface area contributed by atoms with Gasteiger partial charge in [-0.15, -0.1) is 0 Å². The average molecular weight is 264 g/mol. The SMILES string of the molecule is CCNc1nc(N(C)CCC(C)O)c2cn[nH]c2n1. The Morgan fingerprint density at radius 3 is 2.95 bits per heavy atom. The molecule has 19 heavy (non-hydrogen) atoms. The minimum atomic E-state index is -0.322. The van der Waals surface area contributed by atoms with Crippen LogP contribution in [0.5, 0.6) is 0 Å². The fourth-order valence-corrected chi connectivity index (χ4v) is 1.83. The molecule has 0 radical (unpaired) electrons. The molecule has 0 aliphatic heterocycles. The molecule has 1 atom stereocenters. The molecule has 2 heterocycles. The van der Waals surface area contributed by atoms with E-state index in [0.29, 0.717) is 18.0 Å². The van der Waals surface area contributed by atoms with Crippen molar-refractivity contribution in [2.24, 2.45) is 0 Å². The lowest BCUT2D eigenvalue weighted by molar-refractivity contribution is 0.187. The van der Waals surface area contributed by atoms with E-state index in [2.05, 4.69) is 25.5 Å². The quantitative estimate of drug-likeness (QED) is 0.721. The number of nitrogens with one attached hydrogen (secondary N) is 2. The molecule has 0 amide bonds. The summed E-state index contributed by atoms with van der Waals surface area (Å²) in [6, 6.07) is 0. The second-order valence-electron chi connectivity index (χ2n) is 4.59. The molecule has 0 fully saturated rings. The highest BCUT2D eigenvalue weighted by Gasteiger charge is 2.13. The Kier molecular flexibility index (Phi) is 4.16. The van der Waals surface area contributed by atoms with Crippen LogP contribution in [0.15, 0.2) is 6.20 Å². The second-order valence-corrected chi connectivity index (χ2v) is 4.59. The number of aromatic nitrogens is 4. The number of aromatic amines is 1. The lowest BCUT2D eigenvalue weighted by atomic mass is 10.2. The standard InChI is InChI=1S/C12H20N6O/c1-4-13-12-15-10-9(7-14-17-10)11(16-12)18(3)6-5-8(2)19/h7-8,19H,4-6H2,1-3H3,(H2,13,14,15,16,17). The van der Waals surface area contributed by atoms with Gasteiger partial charge in [-0.05, 0) is 20.3 Å². The number of aliphatic hydroxyl groups excluding tert-OH is 1. The number of hydrogen-bond donors (Lipinski definition) is 3. The van der Waals surface area contributed by atoms with E-state index in [1.807, 2.05) is 18.9 Å². The summed E-state index contributed by atoms with van der Waals surface area (Å²) in [7, 11) is 1.95. The molecule has 0 saturated carbocycles. The predicted molar refractivity (Wildman–Crippen MR) is 75.4 cm³/mol. The predicted octanol–water partition coefficient (Wildman–Crippen LogP) is 0.992. The highest BCUT2D eigenvalue weighted by Crippen LogP contribution is 2.23. The van der Waals surface area contributed by atoms with Crippen LogP contribution in [-0.2, 0) is 0 Å². The largest absolute Gasteiger partial charge is 0.393 e. The van der Waals surface area contributed by atoms with Crippen LogP contribution in [0.1, 0.15) is 20.3 Å². The Hall–Kier alpha value is -1.89. The Labute approximate surface area is 112 Å². The minimum Gasteiger partial charge on any atom is -0.393 e. The minimum absolute atomic E-state index is 0.322. The van der Waals surface area contributed by atoms with Crippen molar-refractivity contribution in [1.82, 2.24) is 20.2 Å². The molecule has 2 aromatic rings. The number of rotatable bonds is 6. The zero-order valence-corrected chi connectivity index (χ0v) is 11.5. The number of aliphatic hydroxyl groups is 1. The lowest BCUT2D eigenvalue weighted by Gasteiger charge is -2.20. The number of hydrogen-bond acceptors (Lipinski definition) is 6. The summed E-state index contributed by atoms with van der Waals surface area (Å²) >= 11 is 0. The monoisotopic (exact) mass is 264 g/mol. The van der Waals surface area contributed by atoms with E-state index in [0.717, 1.165) is 24.3 Å². The molecule has 2 rings (SSSR count). The van der Waals surface area contributed by atoms with Crippen LogP contribution in [0.3, 0.4) is 0 Å². The first-order valence-corrected chi connectivity index (χ1v) is 6.46. The van der Waals surface area contributed by atoms with Gasteiger partial charge >= 0.3 is 0 Å². The number of anilines is 2. The molecular formula is C12H20N6O. The second kappa shape index (κ2) is 5.83. The van der Waals surface area contributed by atoms with E-state index in [-0.39, 0.29) is 6.10 Å². The molecule has 2 aromatic heterocycles. The molecule has 104 valence electrons. The van der Waals surface area contributed by atoms with E-state index in [4.69, 9.17) is 0 Å². The van der Waals surface area contributed by atoms with E-state index in [1.165, 1.54) is 0 Å². The van der Waals surface area contributed by atoms with Crippen LogP contribution >= 0.6 is 0 Å². The van der Waals surface area contributed by atoms with Gasteiger partial charge in [0.25, 0.3) is 0 Å². The Balaban J connectivity index is 2.31. The summed E-state index contributed by atoms with van der Waals surface area (Å²) < 4.78 is 0. The molecule has 3 N–H and O–H groups in total. The third-order valence-electron chi connectivity index (χ3n) is 2.87. The highest BCUT2D eigenvalue weighted by atomic mass is 16.3. The fourth-order valence-electron chi connectivity index (χ4n) is 1.83. The zero-order chi connectivity index (χ0) is 13.8. The van der Waals surface area contributed by atoms with Gasteiger partial charge in [0.15, 0.2) is 5.65 Å². The van der Waals surface area contributed by atoms with E-state index >= 15 is 0 Å². The molecular weight excluding hydrogens is 244 g/mol. The van der Waals surface area contributed by atoms with Gasteiger partial charge < -0.3 is 15.3 Å². The first-order valence-electron chi connectivity index (χ1n) is 6.46. The summed E-state index contributed by atoms with van der Waals surface area (Å²) in [4.78, 5) is 10.9. The van der Waals surface area contributed by atoms with Gasteiger partial charge in [-0.2, -0.15) is 15.1 Å². The number of H-pyrrole nitrogens is 1. The number of fused-ring (bicyclic) bond motifs is 1. The Morgan fingerprint density at radius 2 is 2.26 bits per heavy atom. The highest BCUT2D eigenvalue weighted by molar-refractivity contribution is 5.87. The van der Waals surface area contributed by atoms with Crippen molar-refractivity contribution >= 4 is 22.8 Å². The molecule has 0 saturated heterocycles. The molecule has 7 nitrogen and oxygen atoms in total. The van der Waals surface area contributed by atoms with E-state index < -0.39 is 0 Å². The summed E-state index contributed by atoms with van der Waals surface area (Å²) in [6.45, 7) is 5.26. The Morgan fingerprint density at radius 1 is 1.47 bits per heavy atom. The van der Waals surface area contributed by atoms with Gasteiger partial charge in [0.1, 0.15) is 5.82 Å². The molecule has 7 heteroatoms. The smallest absolute Gasteiger partial charge is 0.226 e. The molecule has 0 aliphatic rings. The van der Waals surface area contributed by atoms with Crippen molar-refractivity contribution in [3.63, 3.8) is 0 Å². The van der Waals surface area contributed by atoms with Crippen molar-refractivity contribution in [2.75, 3.05) is 30.4 Å². The van der Waals surface area contributed by atoms with Crippen LogP contribution in [0.4, 0.5) is 11.8 Å². The van der Waals surface area contributed by atoms with Crippen molar-refractivity contribution in [2.45, 2.75) is 26.4 Å². The maximum Gasteiger partial charge on any atom is 0.226 e. The molecule has 1 unspecified atom stereocenters.